The molecular weight excluding hydrogens is 170 g/mol. The van der Waals surface area contributed by atoms with Crippen molar-refractivity contribution in [2.45, 2.75) is 64.7 Å². The van der Waals surface area contributed by atoms with E-state index in [2.05, 4.69) is 12.2 Å². The van der Waals surface area contributed by atoms with Gasteiger partial charge in [0.25, 0.3) is 0 Å². The Morgan fingerprint density at radius 1 is 0.714 bits per heavy atom. The molecule has 1 heterocycles. The van der Waals surface area contributed by atoms with Crippen LogP contribution in [0.15, 0.2) is 0 Å². The Balaban J connectivity index is 2.12. The molecule has 0 spiro atoms. The third-order valence-corrected chi connectivity index (χ3v) is 3.35. The number of rotatable bonds is 0. The Kier molecular flexibility index (Phi) is 7.12. The molecule has 1 rings (SSSR count). The summed E-state index contributed by atoms with van der Waals surface area (Å²) in [6.07, 6.45) is 12.9. The summed E-state index contributed by atoms with van der Waals surface area (Å²) in [5.74, 6) is 0.956. The maximum absolute atomic E-state index is 3.54. The van der Waals surface area contributed by atoms with Gasteiger partial charge in [-0.05, 0) is 38.3 Å². The van der Waals surface area contributed by atoms with Gasteiger partial charge < -0.3 is 5.32 Å². The summed E-state index contributed by atoms with van der Waals surface area (Å²) in [7, 11) is 0. The molecule has 84 valence electrons. The molecule has 1 aliphatic heterocycles. The minimum Gasteiger partial charge on any atom is -0.317 e. The Hall–Kier alpha value is -0.0400. The molecule has 0 saturated carbocycles. The molecule has 0 amide bonds. The zero-order valence-electron chi connectivity index (χ0n) is 9.86. The van der Waals surface area contributed by atoms with Crippen molar-refractivity contribution in [3.8, 4) is 0 Å². The van der Waals surface area contributed by atoms with Gasteiger partial charge in [-0.15, -0.1) is 0 Å². The number of hydrogen-bond donors (Lipinski definition) is 1. The van der Waals surface area contributed by atoms with Crippen LogP contribution in [0.2, 0.25) is 0 Å². The summed E-state index contributed by atoms with van der Waals surface area (Å²) in [5.41, 5.74) is 0. The summed E-state index contributed by atoms with van der Waals surface area (Å²) in [5, 5.41) is 3.54. The fourth-order valence-electron chi connectivity index (χ4n) is 2.29. The van der Waals surface area contributed by atoms with E-state index in [9.17, 15) is 0 Å². The first-order chi connectivity index (χ1) is 6.89. The molecule has 0 bridgehead atoms. The van der Waals surface area contributed by atoms with Gasteiger partial charge in [-0.1, -0.05) is 45.4 Å². The van der Waals surface area contributed by atoms with Crippen LogP contribution in [0.3, 0.4) is 0 Å². The van der Waals surface area contributed by atoms with Gasteiger partial charge in [-0.3, -0.25) is 0 Å². The van der Waals surface area contributed by atoms with E-state index in [0.29, 0.717) is 0 Å². The molecule has 1 nitrogen and oxygen atoms in total. The highest BCUT2D eigenvalue weighted by atomic mass is 14.8. The quantitative estimate of drug-likeness (QED) is 0.624. The maximum atomic E-state index is 3.54. The van der Waals surface area contributed by atoms with E-state index in [1.165, 1.54) is 70.9 Å². The lowest BCUT2D eigenvalue weighted by Crippen LogP contribution is -2.17. The minimum atomic E-state index is 0.956. The van der Waals surface area contributed by atoms with Crippen LogP contribution in [0.25, 0.3) is 0 Å². The lowest BCUT2D eigenvalue weighted by atomic mass is 9.98. The fourth-order valence-corrected chi connectivity index (χ4v) is 2.29. The second kappa shape index (κ2) is 8.28. The van der Waals surface area contributed by atoms with Gasteiger partial charge in [-0.2, -0.15) is 0 Å². The van der Waals surface area contributed by atoms with Crippen molar-refractivity contribution in [3.63, 3.8) is 0 Å². The molecule has 1 unspecified atom stereocenters. The molecule has 0 aromatic carbocycles. The second-order valence-corrected chi connectivity index (χ2v) is 4.91. The molecule has 1 aliphatic rings. The van der Waals surface area contributed by atoms with Crippen molar-refractivity contribution < 1.29 is 0 Å². The first-order valence-electron chi connectivity index (χ1n) is 6.60. The lowest BCUT2D eigenvalue weighted by molar-refractivity contribution is 0.443. The van der Waals surface area contributed by atoms with Crippen LogP contribution in [-0.2, 0) is 0 Å². The Labute approximate surface area is 89.7 Å². The van der Waals surface area contributed by atoms with Crippen molar-refractivity contribution in [2.24, 2.45) is 5.92 Å². The molecule has 1 atom stereocenters. The van der Waals surface area contributed by atoms with Gasteiger partial charge in [0.2, 0.25) is 0 Å². The van der Waals surface area contributed by atoms with Gasteiger partial charge in [0.15, 0.2) is 0 Å². The molecule has 14 heavy (non-hydrogen) atoms. The van der Waals surface area contributed by atoms with Crippen LogP contribution in [0.1, 0.15) is 64.7 Å². The first kappa shape index (κ1) is 12.0. The van der Waals surface area contributed by atoms with Gasteiger partial charge in [0.05, 0.1) is 0 Å². The summed E-state index contributed by atoms with van der Waals surface area (Å²) >= 11 is 0. The number of nitrogens with one attached hydrogen (secondary N) is 1. The van der Waals surface area contributed by atoms with Crippen LogP contribution < -0.4 is 5.32 Å². The number of hydrogen-bond acceptors (Lipinski definition) is 1. The standard InChI is InChI=1S/C13H27N/c1-13-9-6-4-2-3-5-7-11-14-12-8-10-13/h13-14H,2-12H2,1H3. The monoisotopic (exact) mass is 197 g/mol. The van der Waals surface area contributed by atoms with Crippen LogP contribution >= 0.6 is 0 Å². The van der Waals surface area contributed by atoms with Crippen molar-refractivity contribution >= 4 is 0 Å². The summed E-state index contributed by atoms with van der Waals surface area (Å²) in [6.45, 7) is 4.90. The fraction of sp³-hybridized carbons (Fsp3) is 1.00. The molecular formula is C13H27N. The van der Waals surface area contributed by atoms with Crippen molar-refractivity contribution in [1.29, 1.82) is 0 Å². The van der Waals surface area contributed by atoms with E-state index in [1.807, 2.05) is 0 Å². The largest absolute Gasteiger partial charge is 0.317 e. The second-order valence-electron chi connectivity index (χ2n) is 4.91. The predicted molar refractivity (Wildman–Crippen MR) is 63.6 cm³/mol. The molecule has 1 heteroatoms. The minimum absolute atomic E-state index is 0.956. The highest BCUT2D eigenvalue weighted by molar-refractivity contribution is 4.58. The average molecular weight is 197 g/mol. The Morgan fingerprint density at radius 2 is 1.29 bits per heavy atom. The normalized spacial score (nSPS) is 28.5. The summed E-state index contributed by atoms with van der Waals surface area (Å²) in [6, 6.07) is 0. The highest BCUT2D eigenvalue weighted by Crippen LogP contribution is 2.16. The van der Waals surface area contributed by atoms with E-state index in [4.69, 9.17) is 0 Å². The lowest BCUT2D eigenvalue weighted by Gasteiger charge is -2.10. The third-order valence-electron chi connectivity index (χ3n) is 3.35. The smallest absolute Gasteiger partial charge is 0.00488 e. The van der Waals surface area contributed by atoms with Crippen molar-refractivity contribution in [2.75, 3.05) is 13.1 Å². The Morgan fingerprint density at radius 3 is 2.14 bits per heavy atom. The topological polar surface area (TPSA) is 12.0 Å². The predicted octanol–water partition coefficient (Wildman–Crippen LogP) is 3.74. The SMILES string of the molecule is CC1CCCCCCCCNCCC1. The van der Waals surface area contributed by atoms with Crippen LogP contribution in [-0.4, -0.2) is 13.1 Å². The highest BCUT2D eigenvalue weighted by Gasteiger charge is 2.02. The average Bonchev–Trinajstić information content (AvgIpc) is 2.20. The van der Waals surface area contributed by atoms with Crippen LogP contribution in [0.4, 0.5) is 0 Å². The van der Waals surface area contributed by atoms with Gasteiger partial charge >= 0.3 is 0 Å². The van der Waals surface area contributed by atoms with E-state index < -0.39 is 0 Å². The van der Waals surface area contributed by atoms with E-state index in [-0.39, 0.29) is 0 Å². The van der Waals surface area contributed by atoms with E-state index in [1.54, 1.807) is 0 Å². The third kappa shape index (κ3) is 6.42. The van der Waals surface area contributed by atoms with Crippen LogP contribution in [0.5, 0.6) is 0 Å². The molecule has 1 N–H and O–H groups in total. The molecule has 1 fully saturated rings. The van der Waals surface area contributed by atoms with E-state index in [0.717, 1.165) is 5.92 Å². The zero-order valence-corrected chi connectivity index (χ0v) is 9.86. The van der Waals surface area contributed by atoms with Crippen molar-refractivity contribution in [1.82, 2.24) is 5.32 Å². The molecule has 0 aromatic rings. The summed E-state index contributed by atoms with van der Waals surface area (Å²) in [4.78, 5) is 0. The van der Waals surface area contributed by atoms with E-state index >= 15 is 0 Å². The summed E-state index contributed by atoms with van der Waals surface area (Å²) < 4.78 is 0. The molecule has 0 radical (unpaired) electrons. The molecule has 1 saturated heterocycles. The van der Waals surface area contributed by atoms with Gasteiger partial charge in [0.1, 0.15) is 0 Å². The molecule has 0 aromatic heterocycles. The van der Waals surface area contributed by atoms with Crippen LogP contribution in [0, 0.1) is 5.92 Å². The Bertz CT molecular complexity index is 108. The zero-order chi connectivity index (χ0) is 10.1. The maximum Gasteiger partial charge on any atom is -0.00488 e. The van der Waals surface area contributed by atoms with Gasteiger partial charge in [-0.25, -0.2) is 0 Å². The molecule has 0 aliphatic carbocycles. The van der Waals surface area contributed by atoms with Crippen molar-refractivity contribution in [3.05, 3.63) is 0 Å². The first-order valence-corrected chi connectivity index (χ1v) is 6.60. The van der Waals surface area contributed by atoms with Gasteiger partial charge in [0, 0.05) is 0 Å².